The average Bonchev–Trinajstić information content (AvgIpc) is 2.53. The summed E-state index contributed by atoms with van der Waals surface area (Å²) in [5.74, 6) is 2.41. The van der Waals surface area contributed by atoms with Crippen molar-refractivity contribution in [2.75, 3.05) is 32.7 Å². The van der Waals surface area contributed by atoms with Crippen LogP contribution in [0.3, 0.4) is 0 Å². The lowest BCUT2D eigenvalue weighted by atomic mass is 10.1. The molecule has 1 fully saturated rings. The second-order valence-electron chi connectivity index (χ2n) is 4.82. The van der Waals surface area contributed by atoms with Crippen LogP contribution >= 0.6 is 0 Å². The van der Waals surface area contributed by atoms with Gasteiger partial charge in [0.05, 0.1) is 12.2 Å². The summed E-state index contributed by atoms with van der Waals surface area (Å²) in [7, 11) is 0. The zero-order valence-corrected chi connectivity index (χ0v) is 11.7. The fraction of sp³-hybridized carbons (Fsp3) is 0.467. The second kappa shape index (κ2) is 6.92. The first-order chi connectivity index (χ1) is 9.72. The third-order valence-corrected chi connectivity index (χ3v) is 3.61. The summed E-state index contributed by atoms with van der Waals surface area (Å²) in [6.45, 7) is 5.56. The van der Waals surface area contributed by atoms with Crippen molar-refractivity contribution < 1.29 is 4.79 Å². The van der Waals surface area contributed by atoms with E-state index in [-0.39, 0.29) is 18.6 Å². The average molecular weight is 272 g/mol. The van der Waals surface area contributed by atoms with Crippen LogP contribution in [0.25, 0.3) is 0 Å². The van der Waals surface area contributed by atoms with Gasteiger partial charge in [-0.1, -0.05) is 12.0 Å². The van der Waals surface area contributed by atoms with Gasteiger partial charge in [-0.05, 0) is 19.1 Å². The number of amides is 2. The molecule has 1 N–H and O–H groups in total. The molecule has 0 spiro atoms. The van der Waals surface area contributed by atoms with Gasteiger partial charge in [0.1, 0.15) is 0 Å². The van der Waals surface area contributed by atoms with Crippen LogP contribution in [0.1, 0.15) is 18.7 Å². The maximum absolute atomic E-state index is 11.8. The third-order valence-electron chi connectivity index (χ3n) is 3.61. The first-order valence-corrected chi connectivity index (χ1v) is 6.83. The summed E-state index contributed by atoms with van der Waals surface area (Å²) >= 11 is 0. The van der Waals surface area contributed by atoms with E-state index in [1.54, 1.807) is 4.90 Å². The minimum atomic E-state index is -0.0758. The molecule has 0 bridgehead atoms. The summed E-state index contributed by atoms with van der Waals surface area (Å²) < 4.78 is 0. The van der Waals surface area contributed by atoms with E-state index < -0.39 is 0 Å². The van der Waals surface area contributed by atoms with Gasteiger partial charge in [0, 0.05) is 38.4 Å². The van der Waals surface area contributed by atoms with Gasteiger partial charge < -0.3 is 10.2 Å². The summed E-state index contributed by atoms with van der Waals surface area (Å²) in [5, 5.41) is 2.70. The fourth-order valence-corrected chi connectivity index (χ4v) is 2.36. The van der Waals surface area contributed by atoms with Gasteiger partial charge in [-0.25, -0.2) is 4.79 Å². The number of carbonyl (C=O) groups is 1. The van der Waals surface area contributed by atoms with E-state index in [1.165, 1.54) is 0 Å². The first-order valence-electron chi connectivity index (χ1n) is 6.83. The van der Waals surface area contributed by atoms with E-state index in [2.05, 4.69) is 28.0 Å². The van der Waals surface area contributed by atoms with Crippen molar-refractivity contribution in [1.29, 1.82) is 0 Å². The Bertz CT molecular complexity index is 474. The van der Waals surface area contributed by atoms with Crippen molar-refractivity contribution in [3.63, 3.8) is 0 Å². The van der Waals surface area contributed by atoms with E-state index in [1.807, 2.05) is 24.4 Å². The van der Waals surface area contributed by atoms with E-state index in [0.29, 0.717) is 13.1 Å². The van der Waals surface area contributed by atoms with E-state index in [4.69, 9.17) is 6.42 Å². The highest BCUT2D eigenvalue weighted by atomic mass is 16.2. The van der Waals surface area contributed by atoms with Crippen LogP contribution in [-0.2, 0) is 0 Å². The number of aromatic nitrogens is 1. The summed E-state index contributed by atoms with van der Waals surface area (Å²) in [6, 6.07) is 6.16. The van der Waals surface area contributed by atoms with E-state index in [0.717, 1.165) is 18.8 Å². The monoisotopic (exact) mass is 272 g/mol. The Balaban J connectivity index is 1.85. The predicted molar refractivity (Wildman–Crippen MR) is 78.0 cm³/mol. The SMILES string of the molecule is C#CCNC(=O)N1CCN([C@@H](C)c2ccccn2)CC1. The predicted octanol–water partition coefficient (Wildman–Crippen LogP) is 1.10. The molecule has 5 heteroatoms. The Hall–Kier alpha value is -2.06. The summed E-state index contributed by atoms with van der Waals surface area (Å²) in [4.78, 5) is 20.3. The zero-order chi connectivity index (χ0) is 14.4. The molecule has 5 nitrogen and oxygen atoms in total. The van der Waals surface area contributed by atoms with Crippen molar-refractivity contribution in [1.82, 2.24) is 20.1 Å². The standard InChI is InChI=1S/C15H20N4O/c1-3-7-17-15(20)19-11-9-18(10-12-19)13(2)14-6-4-5-8-16-14/h1,4-6,8,13H,7,9-12H2,2H3,(H,17,20)/t13-/m0/s1. The Morgan fingerprint density at radius 2 is 2.20 bits per heavy atom. The Labute approximate surface area is 120 Å². The Morgan fingerprint density at radius 3 is 2.80 bits per heavy atom. The van der Waals surface area contributed by atoms with Crippen molar-refractivity contribution >= 4 is 6.03 Å². The number of rotatable bonds is 3. The molecule has 0 saturated carbocycles. The van der Waals surface area contributed by atoms with Gasteiger partial charge in [0.2, 0.25) is 0 Å². The lowest BCUT2D eigenvalue weighted by molar-refractivity contribution is 0.113. The second-order valence-corrected chi connectivity index (χ2v) is 4.82. The zero-order valence-electron chi connectivity index (χ0n) is 11.7. The molecule has 1 aliphatic heterocycles. The van der Waals surface area contributed by atoms with Crippen LogP contribution in [0.5, 0.6) is 0 Å². The number of urea groups is 1. The highest BCUT2D eigenvalue weighted by Crippen LogP contribution is 2.19. The van der Waals surface area contributed by atoms with Crippen molar-refractivity contribution in [2.24, 2.45) is 0 Å². The minimum Gasteiger partial charge on any atom is -0.327 e. The smallest absolute Gasteiger partial charge is 0.318 e. The maximum Gasteiger partial charge on any atom is 0.318 e. The van der Waals surface area contributed by atoms with Crippen LogP contribution in [0, 0.1) is 12.3 Å². The molecule has 0 aliphatic carbocycles. The molecule has 2 rings (SSSR count). The molecule has 1 aromatic rings. The highest BCUT2D eigenvalue weighted by molar-refractivity contribution is 5.74. The molecule has 1 aliphatic rings. The molecule has 1 aromatic heterocycles. The first kappa shape index (κ1) is 14.4. The summed E-state index contributed by atoms with van der Waals surface area (Å²) in [6.07, 6.45) is 6.95. The molecule has 106 valence electrons. The topological polar surface area (TPSA) is 48.5 Å². The van der Waals surface area contributed by atoms with Crippen molar-refractivity contribution in [3.05, 3.63) is 30.1 Å². The highest BCUT2D eigenvalue weighted by Gasteiger charge is 2.24. The summed E-state index contributed by atoms with van der Waals surface area (Å²) in [5.41, 5.74) is 1.07. The van der Waals surface area contributed by atoms with Gasteiger partial charge in [-0.15, -0.1) is 6.42 Å². The van der Waals surface area contributed by atoms with Gasteiger partial charge in [-0.2, -0.15) is 0 Å². The van der Waals surface area contributed by atoms with Crippen LogP contribution in [0.2, 0.25) is 0 Å². The molecule has 2 heterocycles. The lowest BCUT2D eigenvalue weighted by Crippen LogP contribution is -2.52. The largest absolute Gasteiger partial charge is 0.327 e. The number of nitrogens with one attached hydrogen (secondary N) is 1. The van der Waals surface area contributed by atoms with Gasteiger partial charge in [0.25, 0.3) is 0 Å². The van der Waals surface area contributed by atoms with E-state index in [9.17, 15) is 4.79 Å². The number of nitrogens with zero attached hydrogens (tertiary/aromatic N) is 3. The van der Waals surface area contributed by atoms with E-state index >= 15 is 0 Å². The molecular formula is C15H20N4O. The Kier molecular flexibility index (Phi) is 4.97. The number of terminal acetylenes is 1. The number of carbonyl (C=O) groups excluding carboxylic acids is 1. The van der Waals surface area contributed by atoms with Crippen LogP contribution in [0.15, 0.2) is 24.4 Å². The quantitative estimate of drug-likeness (QED) is 0.838. The number of piperazine rings is 1. The van der Waals surface area contributed by atoms with Gasteiger partial charge >= 0.3 is 6.03 Å². The van der Waals surface area contributed by atoms with Gasteiger partial charge in [-0.3, -0.25) is 9.88 Å². The van der Waals surface area contributed by atoms with Crippen molar-refractivity contribution in [3.8, 4) is 12.3 Å². The molecule has 1 saturated heterocycles. The molecule has 0 radical (unpaired) electrons. The number of hydrogen-bond donors (Lipinski definition) is 1. The maximum atomic E-state index is 11.8. The lowest BCUT2D eigenvalue weighted by Gasteiger charge is -2.37. The molecule has 0 aromatic carbocycles. The minimum absolute atomic E-state index is 0.0758. The molecular weight excluding hydrogens is 252 g/mol. The third kappa shape index (κ3) is 3.49. The Morgan fingerprint density at radius 1 is 1.45 bits per heavy atom. The normalized spacial score (nSPS) is 17.3. The molecule has 20 heavy (non-hydrogen) atoms. The molecule has 2 amide bonds. The number of pyridine rings is 1. The van der Waals surface area contributed by atoms with Crippen LogP contribution < -0.4 is 5.32 Å². The van der Waals surface area contributed by atoms with Gasteiger partial charge in [0.15, 0.2) is 0 Å². The number of hydrogen-bond acceptors (Lipinski definition) is 3. The molecule has 1 atom stereocenters. The van der Waals surface area contributed by atoms with Crippen LogP contribution in [0.4, 0.5) is 4.79 Å². The molecule has 0 unspecified atom stereocenters. The fourth-order valence-electron chi connectivity index (χ4n) is 2.36. The van der Waals surface area contributed by atoms with Crippen molar-refractivity contribution in [2.45, 2.75) is 13.0 Å². The van der Waals surface area contributed by atoms with Crippen LogP contribution in [-0.4, -0.2) is 53.5 Å².